The van der Waals surface area contributed by atoms with E-state index in [1.165, 1.54) is 25.7 Å². The molecule has 1 aromatic heterocycles. The Morgan fingerprint density at radius 3 is 2.40 bits per heavy atom. The van der Waals surface area contributed by atoms with Gasteiger partial charge in [0, 0.05) is 5.56 Å². The van der Waals surface area contributed by atoms with Crippen LogP contribution in [0.25, 0.3) is 0 Å². The first-order chi connectivity index (χ1) is 9.49. The highest BCUT2D eigenvalue weighted by Gasteiger charge is 2.31. The lowest BCUT2D eigenvalue weighted by molar-refractivity contribution is 0.0649. The molecule has 4 heteroatoms. The number of carbonyl (C=O) groups is 1. The van der Waals surface area contributed by atoms with Crippen LogP contribution in [0, 0.1) is 12.3 Å². The van der Waals surface area contributed by atoms with Gasteiger partial charge in [-0.2, -0.15) is 0 Å². The number of aryl methyl sites for hydroxylation is 1. The lowest BCUT2D eigenvalue weighted by atomic mass is 9.74. The summed E-state index contributed by atoms with van der Waals surface area (Å²) in [5.41, 5.74) is 1.22. The van der Waals surface area contributed by atoms with E-state index in [9.17, 15) is 4.79 Å². The van der Waals surface area contributed by atoms with Gasteiger partial charge in [0.05, 0.1) is 6.54 Å². The molecule has 0 atom stereocenters. The maximum atomic E-state index is 11.0. The van der Waals surface area contributed by atoms with Crippen molar-refractivity contribution in [1.82, 2.24) is 4.90 Å². The Hall–Kier alpha value is -1.29. The molecular weight excluding hydrogens is 254 g/mol. The van der Waals surface area contributed by atoms with Gasteiger partial charge in [-0.05, 0) is 44.3 Å². The largest absolute Gasteiger partial charge is 0.475 e. The van der Waals surface area contributed by atoms with E-state index in [0.717, 1.165) is 25.4 Å². The number of furan rings is 1. The fourth-order valence-electron chi connectivity index (χ4n) is 3.20. The highest BCUT2D eigenvalue weighted by molar-refractivity contribution is 5.86. The first kappa shape index (κ1) is 15.1. The normalized spacial score (nSPS) is 19.1. The molecule has 1 saturated heterocycles. The lowest BCUT2D eigenvalue weighted by Crippen LogP contribution is -2.39. The summed E-state index contributed by atoms with van der Waals surface area (Å²) < 4.78 is 5.44. The minimum atomic E-state index is -0.983. The molecule has 1 aromatic rings. The third kappa shape index (κ3) is 3.06. The Bertz CT molecular complexity index is 464. The van der Waals surface area contributed by atoms with E-state index in [4.69, 9.17) is 9.52 Å². The highest BCUT2D eigenvalue weighted by Crippen LogP contribution is 2.38. The number of nitrogens with zero attached hydrogens (tertiary/aromatic N) is 1. The summed E-state index contributed by atoms with van der Waals surface area (Å²) in [7, 11) is 0. The van der Waals surface area contributed by atoms with Crippen LogP contribution in [0.1, 0.15) is 61.4 Å². The Kier molecular flexibility index (Phi) is 4.53. The van der Waals surface area contributed by atoms with Gasteiger partial charge in [0.1, 0.15) is 5.76 Å². The Labute approximate surface area is 120 Å². The van der Waals surface area contributed by atoms with Crippen LogP contribution in [-0.2, 0) is 6.54 Å². The van der Waals surface area contributed by atoms with Crippen LogP contribution in [0.4, 0.5) is 0 Å². The highest BCUT2D eigenvalue weighted by atomic mass is 16.4. The predicted octanol–water partition coefficient (Wildman–Crippen LogP) is 3.69. The summed E-state index contributed by atoms with van der Waals surface area (Å²) in [6.07, 6.45) is 4.96. The van der Waals surface area contributed by atoms with Crippen LogP contribution in [0.2, 0.25) is 0 Å². The molecule has 0 aromatic carbocycles. The molecule has 20 heavy (non-hydrogen) atoms. The van der Waals surface area contributed by atoms with Crippen molar-refractivity contribution in [3.63, 3.8) is 0 Å². The molecular formula is C16H25NO3. The summed E-state index contributed by atoms with van der Waals surface area (Å²) in [6, 6.07) is 1.85. The van der Waals surface area contributed by atoms with Crippen molar-refractivity contribution in [2.45, 2.75) is 53.0 Å². The number of aromatic carboxylic acids is 1. The second-order valence-electron chi connectivity index (χ2n) is 6.01. The molecule has 2 rings (SSSR count). The summed E-state index contributed by atoms with van der Waals surface area (Å²) in [5, 5.41) is 9.01. The van der Waals surface area contributed by atoms with Crippen LogP contribution in [0.3, 0.4) is 0 Å². The SMILES string of the molecule is CCC1(CC)CCN(Cc2cc(C)c(C(=O)O)o2)CC1. The van der Waals surface area contributed by atoms with Gasteiger partial charge in [0.25, 0.3) is 0 Å². The fourth-order valence-corrected chi connectivity index (χ4v) is 3.20. The standard InChI is InChI=1S/C16H25NO3/c1-4-16(5-2)6-8-17(9-7-16)11-13-10-12(3)14(20-13)15(18)19/h10H,4-9,11H2,1-3H3,(H,18,19). The molecule has 0 aliphatic carbocycles. The molecule has 4 nitrogen and oxygen atoms in total. The topological polar surface area (TPSA) is 53.7 Å². The van der Waals surface area contributed by atoms with Gasteiger partial charge in [0.15, 0.2) is 0 Å². The van der Waals surface area contributed by atoms with Gasteiger partial charge in [-0.25, -0.2) is 4.79 Å². The maximum Gasteiger partial charge on any atom is 0.372 e. The van der Waals surface area contributed by atoms with Crippen molar-refractivity contribution in [2.75, 3.05) is 13.1 Å². The van der Waals surface area contributed by atoms with E-state index in [1.54, 1.807) is 6.92 Å². The quantitative estimate of drug-likeness (QED) is 0.893. The zero-order chi connectivity index (χ0) is 14.8. The van der Waals surface area contributed by atoms with Crippen LogP contribution < -0.4 is 0 Å². The third-order valence-corrected chi connectivity index (χ3v) is 4.96. The third-order valence-electron chi connectivity index (χ3n) is 4.96. The number of carboxylic acids is 1. The zero-order valence-corrected chi connectivity index (χ0v) is 12.7. The van der Waals surface area contributed by atoms with Crippen molar-refractivity contribution in [3.05, 3.63) is 23.2 Å². The van der Waals surface area contributed by atoms with Gasteiger partial charge in [-0.15, -0.1) is 0 Å². The summed E-state index contributed by atoms with van der Waals surface area (Å²) in [4.78, 5) is 13.4. The van der Waals surface area contributed by atoms with E-state index in [0.29, 0.717) is 11.0 Å². The first-order valence-corrected chi connectivity index (χ1v) is 7.54. The first-order valence-electron chi connectivity index (χ1n) is 7.54. The van der Waals surface area contributed by atoms with Crippen molar-refractivity contribution >= 4 is 5.97 Å². The van der Waals surface area contributed by atoms with Gasteiger partial charge >= 0.3 is 5.97 Å². The van der Waals surface area contributed by atoms with Gasteiger partial charge in [-0.3, -0.25) is 4.90 Å². The van der Waals surface area contributed by atoms with Crippen LogP contribution >= 0.6 is 0 Å². The molecule has 1 fully saturated rings. The molecule has 1 aliphatic rings. The van der Waals surface area contributed by atoms with Crippen LogP contribution in [0.15, 0.2) is 10.5 Å². The number of hydrogen-bond donors (Lipinski definition) is 1. The molecule has 0 unspecified atom stereocenters. The molecule has 0 amide bonds. The monoisotopic (exact) mass is 279 g/mol. The Morgan fingerprint density at radius 1 is 1.35 bits per heavy atom. The van der Waals surface area contributed by atoms with Gasteiger partial charge in [-0.1, -0.05) is 26.7 Å². The fraction of sp³-hybridized carbons (Fsp3) is 0.688. The Balaban J connectivity index is 1.96. The summed E-state index contributed by atoms with van der Waals surface area (Å²) in [5.74, 6) is -0.141. The van der Waals surface area contributed by atoms with E-state index in [1.807, 2.05) is 6.07 Å². The van der Waals surface area contributed by atoms with Crippen molar-refractivity contribution in [3.8, 4) is 0 Å². The van der Waals surface area contributed by atoms with Crippen LogP contribution in [-0.4, -0.2) is 29.1 Å². The molecule has 2 heterocycles. The number of piperidine rings is 1. The second kappa shape index (κ2) is 6.00. The van der Waals surface area contributed by atoms with E-state index in [-0.39, 0.29) is 5.76 Å². The smallest absolute Gasteiger partial charge is 0.372 e. The zero-order valence-electron chi connectivity index (χ0n) is 12.7. The molecule has 0 radical (unpaired) electrons. The molecule has 1 N–H and O–H groups in total. The van der Waals surface area contributed by atoms with Crippen molar-refractivity contribution < 1.29 is 14.3 Å². The molecule has 0 bridgehead atoms. The average Bonchev–Trinajstić information content (AvgIpc) is 2.81. The number of carboxylic acid groups (broad SMARTS) is 1. The van der Waals surface area contributed by atoms with Gasteiger partial charge < -0.3 is 9.52 Å². The van der Waals surface area contributed by atoms with Crippen LogP contribution in [0.5, 0.6) is 0 Å². The van der Waals surface area contributed by atoms with E-state index < -0.39 is 5.97 Å². The summed E-state index contributed by atoms with van der Waals surface area (Å²) >= 11 is 0. The molecule has 1 aliphatic heterocycles. The molecule has 0 spiro atoms. The van der Waals surface area contributed by atoms with Crippen molar-refractivity contribution in [2.24, 2.45) is 5.41 Å². The van der Waals surface area contributed by atoms with Crippen molar-refractivity contribution in [1.29, 1.82) is 0 Å². The number of hydrogen-bond acceptors (Lipinski definition) is 3. The predicted molar refractivity (Wildman–Crippen MR) is 77.9 cm³/mol. The lowest BCUT2D eigenvalue weighted by Gasteiger charge is -2.40. The minimum absolute atomic E-state index is 0.0773. The maximum absolute atomic E-state index is 11.0. The molecule has 112 valence electrons. The average molecular weight is 279 g/mol. The van der Waals surface area contributed by atoms with E-state index in [2.05, 4.69) is 18.7 Å². The van der Waals surface area contributed by atoms with E-state index >= 15 is 0 Å². The number of rotatable bonds is 5. The summed E-state index contributed by atoms with van der Waals surface area (Å²) in [6.45, 7) is 9.22. The Morgan fingerprint density at radius 2 is 1.95 bits per heavy atom. The minimum Gasteiger partial charge on any atom is -0.475 e. The second-order valence-corrected chi connectivity index (χ2v) is 6.01. The number of likely N-dealkylation sites (tertiary alicyclic amines) is 1. The van der Waals surface area contributed by atoms with Gasteiger partial charge in [0.2, 0.25) is 5.76 Å². The molecule has 0 saturated carbocycles.